The summed E-state index contributed by atoms with van der Waals surface area (Å²) in [4.78, 5) is 5.93. The van der Waals surface area contributed by atoms with Crippen molar-refractivity contribution < 1.29 is 17.9 Å². The zero-order valence-corrected chi connectivity index (χ0v) is 12.0. The summed E-state index contributed by atoms with van der Waals surface area (Å²) >= 11 is 0. The van der Waals surface area contributed by atoms with Crippen molar-refractivity contribution >= 4 is 5.82 Å². The van der Waals surface area contributed by atoms with Crippen LogP contribution in [0.25, 0.3) is 0 Å². The fourth-order valence-electron chi connectivity index (χ4n) is 2.60. The van der Waals surface area contributed by atoms with E-state index in [1.807, 2.05) is 23.1 Å². The Hall–Kier alpha value is -2.24. The van der Waals surface area contributed by atoms with E-state index in [-0.39, 0.29) is 0 Å². The van der Waals surface area contributed by atoms with E-state index < -0.39 is 11.7 Å². The first kappa shape index (κ1) is 14.7. The highest BCUT2D eigenvalue weighted by Crippen LogP contribution is 2.31. The second-order valence-electron chi connectivity index (χ2n) is 5.21. The minimum Gasteiger partial charge on any atom is -0.497 e. The number of rotatable bonds is 2. The van der Waals surface area contributed by atoms with Crippen molar-refractivity contribution in [1.82, 2.24) is 4.98 Å². The lowest BCUT2D eigenvalue weighted by Crippen LogP contribution is -2.31. The highest BCUT2D eigenvalue weighted by molar-refractivity contribution is 5.46. The number of halogens is 3. The monoisotopic (exact) mass is 308 g/mol. The Morgan fingerprint density at radius 1 is 1.14 bits per heavy atom. The molecule has 2 heterocycles. The summed E-state index contributed by atoms with van der Waals surface area (Å²) in [5.74, 6) is 1.34. The lowest BCUT2D eigenvalue weighted by molar-refractivity contribution is -0.137. The lowest BCUT2D eigenvalue weighted by atomic mass is 9.99. The number of fused-ring (bicyclic) bond motifs is 1. The SMILES string of the molecule is COc1ccc2c(c1)CN(c1ccc(C(F)(F)F)cn1)CC2. The van der Waals surface area contributed by atoms with Gasteiger partial charge in [0, 0.05) is 19.3 Å². The number of anilines is 1. The van der Waals surface area contributed by atoms with Crippen molar-refractivity contribution in [2.45, 2.75) is 19.1 Å². The summed E-state index contributed by atoms with van der Waals surface area (Å²) in [6.45, 7) is 1.35. The quantitative estimate of drug-likeness (QED) is 0.846. The van der Waals surface area contributed by atoms with E-state index in [0.29, 0.717) is 12.4 Å². The Morgan fingerprint density at radius 3 is 2.59 bits per heavy atom. The molecule has 0 saturated heterocycles. The van der Waals surface area contributed by atoms with Gasteiger partial charge in [0.25, 0.3) is 0 Å². The highest BCUT2D eigenvalue weighted by atomic mass is 19.4. The van der Waals surface area contributed by atoms with Crippen LogP contribution in [0.5, 0.6) is 5.75 Å². The van der Waals surface area contributed by atoms with Gasteiger partial charge in [0.1, 0.15) is 11.6 Å². The number of nitrogens with zero attached hydrogens (tertiary/aromatic N) is 2. The zero-order valence-electron chi connectivity index (χ0n) is 12.0. The number of hydrogen-bond donors (Lipinski definition) is 0. The van der Waals surface area contributed by atoms with Crippen LogP contribution in [-0.4, -0.2) is 18.6 Å². The van der Waals surface area contributed by atoms with Gasteiger partial charge in [-0.3, -0.25) is 0 Å². The van der Waals surface area contributed by atoms with Crippen LogP contribution in [-0.2, 0) is 19.1 Å². The molecule has 1 aliphatic rings. The first-order valence-electron chi connectivity index (χ1n) is 6.91. The summed E-state index contributed by atoms with van der Waals surface area (Å²) in [5, 5.41) is 0. The van der Waals surface area contributed by atoms with Crippen LogP contribution in [0.15, 0.2) is 36.5 Å². The molecule has 3 rings (SSSR count). The number of pyridine rings is 1. The van der Waals surface area contributed by atoms with Gasteiger partial charge in [-0.15, -0.1) is 0 Å². The number of methoxy groups -OCH3 is 1. The predicted octanol–water partition coefficient (Wildman–Crippen LogP) is 3.67. The Morgan fingerprint density at radius 2 is 1.95 bits per heavy atom. The molecule has 116 valence electrons. The number of hydrogen-bond acceptors (Lipinski definition) is 3. The second-order valence-corrected chi connectivity index (χ2v) is 5.21. The molecule has 6 heteroatoms. The smallest absolute Gasteiger partial charge is 0.417 e. The van der Waals surface area contributed by atoms with Crippen LogP contribution >= 0.6 is 0 Å². The average Bonchev–Trinajstić information content (AvgIpc) is 2.53. The third-order valence-corrected chi connectivity index (χ3v) is 3.82. The van der Waals surface area contributed by atoms with Gasteiger partial charge in [-0.05, 0) is 41.8 Å². The molecule has 0 spiro atoms. The standard InChI is InChI=1S/C16H15F3N2O/c1-22-14-4-2-11-6-7-21(10-12(11)8-14)15-5-3-13(9-20-15)16(17,18)19/h2-5,8-9H,6-7,10H2,1H3. The molecule has 3 nitrogen and oxygen atoms in total. The molecular weight excluding hydrogens is 293 g/mol. The van der Waals surface area contributed by atoms with Crippen molar-refractivity contribution in [2.75, 3.05) is 18.6 Å². The lowest BCUT2D eigenvalue weighted by Gasteiger charge is -2.30. The summed E-state index contributed by atoms with van der Waals surface area (Å²) in [7, 11) is 1.61. The van der Waals surface area contributed by atoms with Crippen LogP contribution in [0, 0.1) is 0 Å². The summed E-state index contributed by atoms with van der Waals surface area (Å²) in [6, 6.07) is 8.42. The van der Waals surface area contributed by atoms with Crippen LogP contribution < -0.4 is 9.64 Å². The van der Waals surface area contributed by atoms with E-state index in [0.717, 1.165) is 36.5 Å². The average molecular weight is 308 g/mol. The van der Waals surface area contributed by atoms with Crippen molar-refractivity contribution in [1.29, 1.82) is 0 Å². The van der Waals surface area contributed by atoms with E-state index in [9.17, 15) is 13.2 Å². The molecule has 0 radical (unpaired) electrons. The van der Waals surface area contributed by atoms with Gasteiger partial charge in [0.2, 0.25) is 0 Å². The molecule has 0 fully saturated rings. The maximum atomic E-state index is 12.6. The molecule has 0 aliphatic carbocycles. The predicted molar refractivity (Wildman–Crippen MR) is 77.0 cm³/mol. The van der Waals surface area contributed by atoms with Gasteiger partial charge in [-0.2, -0.15) is 13.2 Å². The number of benzene rings is 1. The molecule has 0 bridgehead atoms. The molecular formula is C16H15F3N2O. The number of ether oxygens (including phenoxy) is 1. The fraction of sp³-hybridized carbons (Fsp3) is 0.312. The molecule has 22 heavy (non-hydrogen) atoms. The van der Waals surface area contributed by atoms with E-state index in [4.69, 9.17) is 4.74 Å². The Balaban J connectivity index is 1.82. The van der Waals surface area contributed by atoms with Gasteiger partial charge in [-0.1, -0.05) is 6.07 Å². The molecule has 0 atom stereocenters. The summed E-state index contributed by atoms with van der Waals surface area (Å²) < 4.78 is 42.9. The largest absolute Gasteiger partial charge is 0.497 e. The van der Waals surface area contributed by atoms with Gasteiger partial charge in [0.05, 0.1) is 12.7 Å². The third kappa shape index (κ3) is 2.86. The van der Waals surface area contributed by atoms with Gasteiger partial charge in [0.15, 0.2) is 0 Å². The van der Waals surface area contributed by atoms with Crippen molar-refractivity contribution in [3.8, 4) is 5.75 Å². The minimum absolute atomic E-state index is 0.557. The van der Waals surface area contributed by atoms with Crippen molar-refractivity contribution in [3.05, 3.63) is 53.2 Å². The molecule has 2 aromatic rings. The van der Waals surface area contributed by atoms with Crippen LogP contribution in [0.4, 0.5) is 19.0 Å². The van der Waals surface area contributed by atoms with Crippen molar-refractivity contribution in [2.24, 2.45) is 0 Å². The number of aromatic nitrogens is 1. The van der Waals surface area contributed by atoms with Crippen LogP contribution in [0.1, 0.15) is 16.7 Å². The van der Waals surface area contributed by atoms with Crippen LogP contribution in [0.2, 0.25) is 0 Å². The summed E-state index contributed by atoms with van der Waals surface area (Å²) in [5.41, 5.74) is 1.63. The normalized spacial score (nSPS) is 14.6. The Kier molecular flexibility index (Phi) is 3.68. The first-order chi connectivity index (χ1) is 10.5. The minimum atomic E-state index is -4.35. The third-order valence-electron chi connectivity index (χ3n) is 3.82. The molecule has 1 aromatic carbocycles. The Labute approximate surface area is 126 Å². The second kappa shape index (κ2) is 5.51. The van der Waals surface area contributed by atoms with E-state index in [2.05, 4.69) is 4.98 Å². The topological polar surface area (TPSA) is 25.4 Å². The first-order valence-corrected chi connectivity index (χ1v) is 6.91. The zero-order chi connectivity index (χ0) is 15.7. The molecule has 1 aromatic heterocycles. The Bertz CT molecular complexity index is 668. The number of alkyl halides is 3. The molecule has 0 N–H and O–H groups in total. The molecule has 0 saturated carbocycles. The van der Waals surface area contributed by atoms with E-state index >= 15 is 0 Å². The van der Waals surface area contributed by atoms with Crippen LogP contribution in [0.3, 0.4) is 0 Å². The molecule has 1 aliphatic heterocycles. The molecule has 0 amide bonds. The summed E-state index contributed by atoms with van der Waals surface area (Å²) in [6.07, 6.45) is -2.63. The highest BCUT2D eigenvalue weighted by Gasteiger charge is 2.31. The maximum Gasteiger partial charge on any atom is 0.417 e. The van der Waals surface area contributed by atoms with Gasteiger partial charge in [-0.25, -0.2) is 4.98 Å². The van der Waals surface area contributed by atoms with E-state index in [1.54, 1.807) is 7.11 Å². The van der Waals surface area contributed by atoms with Gasteiger partial charge < -0.3 is 9.64 Å². The fourth-order valence-corrected chi connectivity index (χ4v) is 2.60. The molecule has 0 unspecified atom stereocenters. The van der Waals surface area contributed by atoms with Crippen molar-refractivity contribution in [3.63, 3.8) is 0 Å². The van der Waals surface area contributed by atoms with E-state index in [1.165, 1.54) is 11.6 Å². The van der Waals surface area contributed by atoms with Gasteiger partial charge >= 0.3 is 6.18 Å². The maximum absolute atomic E-state index is 12.6.